The average molecular weight is 308 g/mol. The number of rotatable bonds is 6. The summed E-state index contributed by atoms with van der Waals surface area (Å²) in [6, 6.07) is 4.46. The highest BCUT2D eigenvalue weighted by Crippen LogP contribution is 2.24. The zero-order chi connectivity index (χ0) is 14.7. The molecule has 1 aromatic rings. The molecule has 0 aromatic heterocycles. The average Bonchev–Trinajstić information content (AvgIpc) is 2.28. The highest BCUT2D eigenvalue weighted by Gasteiger charge is 2.15. The van der Waals surface area contributed by atoms with Gasteiger partial charge in [0.15, 0.2) is 0 Å². The minimum absolute atomic E-state index is 0.189. The molecular formula is C10H16N2O5S2. The number of sulfonamides is 1. The van der Waals surface area contributed by atoms with Gasteiger partial charge in [0.1, 0.15) is 15.6 Å². The van der Waals surface area contributed by atoms with E-state index in [4.69, 9.17) is 10.5 Å². The molecule has 0 radical (unpaired) electrons. The fraction of sp³-hybridized carbons (Fsp3) is 0.400. The Morgan fingerprint density at radius 2 is 1.84 bits per heavy atom. The van der Waals surface area contributed by atoms with Crippen molar-refractivity contribution in [3.05, 3.63) is 18.2 Å². The second-order valence-electron chi connectivity index (χ2n) is 4.00. The van der Waals surface area contributed by atoms with Crippen molar-refractivity contribution >= 4 is 31.2 Å². The Labute approximate surface area is 112 Å². The Bertz CT molecular complexity index is 652. The molecule has 7 nitrogen and oxygen atoms in total. The minimum Gasteiger partial charge on any atom is -0.497 e. The number of methoxy groups -OCH3 is 1. The molecule has 1 aromatic carbocycles. The van der Waals surface area contributed by atoms with Gasteiger partial charge in [0.05, 0.1) is 30.0 Å². The Hall–Kier alpha value is -1.48. The lowest BCUT2D eigenvalue weighted by Gasteiger charge is -2.11. The van der Waals surface area contributed by atoms with Crippen molar-refractivity contribution in [3.8, 4) is 5.75 Å². The summed E-state index contributed by atoms with van der Waals surface area (Å²) >= 11 is 0. The molecule has 108 valence electrons. The van der Waals surface area contributed by atoms with Crippen molar-refractivity contribution < 1.29 is 21.6 Å². The molecule has 0 fully saturated rings. The normalized spacial score (nSPS) is 12.1. The second kappa shape index (κ2) is 5.66. The smallest absolute Gasteiger partial charge is 0.233 e. The van der Waals surface area contributed by atoms with Gasteiger partial charge in [-0.05, 0) is 12.1 Å². The maximum Gasteiger partial charge on any atom is 0.233 e. The Balaban J connectivity index is 2.84. The van der Waals surface area contributed by atoms with E-state index in [1.807, 2.05) is 0 Å². The Morgan fingerprint density at radius 1 is 1.21 bits per heavy atom. The summed E-state index contributed by atoms with van der Waals surface area (Å²) in [4.78, 5) is 0. The van der Waals surface area contributed by atoms with Crippen molar-refractivity contribution in [2.45, 2.75) is 0 Å². The van der Waals surface area contributed by atoms with E-state index in [0.29, 0.717) is 5.75 Å². The highest BCUT2D eigenvalue weighted by atomic mass is 32.2. The fourth-order valence-corrected chi connectivity index (χ4v) is 3.95. The number of nitrogens with one attached hydrogen (secondary N) is 1. The van der Waals surface area contributed by atoms with Gasteiger partial charge < -0.3 is 10.5 Å². The molecule has 0 aliphatic heterocycles. The van der Waals surface area contributed by atoms with Gasteiger partial charge in [-0.3, -0.25) is 4.72 Å². The van der Waals surface area contributed by atoms with Gasteiger partial charge in [-0.25, -0.2) is 16.8 Å². The summed E-state index contributed by atoms with van der Waals surface area (Å²) < 4.78 is 52.5. The maximum atomic E-state index is 11.7. The van der Waals surface area contributed by atoms with Crippen LogP contribution in [0.4, 0.5) is 11.4 Å². The number of anilines is 2. The van der Waals surface area contributed by atoms with Gasteiger partial charge in [-0.15, -0.1) is 0 Å². The third-order valence-corrected chi connectivity index (χ3v) is 4.72. The fourth-order valence-electron chi connectivity index (χ4n) is 1.24. The molecule has 0 bridgehead atoms. The van der Waals surface area contributed by atoms with Crippen LogP contribution in [0.2, 0.25) is 0 Å². The van der Waals surface area contributed by atoms with Crippen LogP contribution in [-0.2, 0) is 19.9 Å². The van der Waals surface area contributed by atoms with E-state index in [9.17, 15) is 16.8 Å². The summed E-state index contributed by atoms with van der Waals surface area (Å²) in [5.41, 5.74) is 6.05. The summed E-state index contributed by atoms with van der Waals surface area (Å²) in [7, 11) is -5.64. The molecule has 0 unspecified atom stereocenters. The molecular weight excluding hydrogens is 292 g/mol. The van der Waals surface area contributed by atoms with Gasteiger partial charge >= 0.3 is 0 Å². The van der Waals surface area contributed by atoms with E-state index < -0.39 is 31.4 Å². The van der Waals surface area contributed by atoms with Crippen LogP contribution < -0.4 is 15.2 Å². The molecule has 0 atom stereocenters. The molecule has 3 N–H and O–H groups in total. The summed E-state index contributed by atoms with van der Waals surface area (Å²) in [6.07, 6.45) is 0.976. The standard InChI is InChI=1S/C10H16N2O5S2/c1-17-8-3-4-10(9(11)7-8)12-19(15,16)6-5-18(2,13)14/h3-4,7,12H,5-6,11H2,1-2H3. The van der Waals surface area contributed by atoms with Crippen LogP contribution in [0.25, 0.3) is 0 Å². The Kier molecular flexibility index (Phi) is 4.64. The van der Waals surface area contributed by atoms with E-state index in [1.54, 1.807) is 6.07 Å². The van der Waals surface area contributed by atoms with Gasteiger partial charge in [0.25, 0.3) is 0 Å². The molecule has 0 saturated carbocycles. The van der Waals surface area contributed by atoms with Crippen molar-refractivity contribution in [2.75, 3.05) is 35.3 Å². The van der Waals surface area contributed by atoms with Crippen molar-refractivity contribution in [1.29, 1.82) is 0 Å². The first-order valence-electron chi connectivity index (χ1n) is 5.25. The van der Waals surface area contributed by atoms with E-state index in [1.165, 1.54) is 19.2 Å². The van der Waals surface area contributed by atoms with Gasteiger partial charge in [-0.1, -0.05) is 0 Å². The summed E-state index contributed by atoms with van der Waals surface area (Å²) in [5, 5.41) is 0. The molecule has 0 saturated heterocycles. The van der Waals surface area contributed by atoms with E-state index in [0.717, 1.165) is 6.26 Å². The van der Waals surface area contributed by atoms with Gasteiger partial charge in [-0.2, -0.15) is 0 Å². The third kappa shape index (κ3) is 5.35. The second-order valence-corrected chi connectivity index (χ2v) is 8.11. The molecule has 9 heteroatoms. The minimum atomic E-state index is -3.76. The predicted molar refractivity (Wildman–Crippen MR) is 74.5 cm³/mol. The molecule has 0 aliphatic rings. The number of nitrogen functional groups attached to an aromatic ring is 1. The first-order valence-corrected chi connectivity index (χ1v) is 8.96. The maximum absolute atomic E-state index is 11.7. The topological polar surface area (TPSA) is 116 Å². The summed E-state index contributed by atoms with van der Waals surface area (Å²) in [6.45, 7) is 0. The van der Waals surface area contributed by atoms with Gasteiger partial charge in [0, 0.05) is 12.3 Å². The monoisotopic (exact) mass is 308 g/mol. The number of hydrogen-bond donors (Lipinski definition) is 2. The van der Waals surface area contributed by atoms with Crippen molar-refractivity contribution in [3.63, 3.8) is 0 Å². The number of benzene rings is 1. The molecule has 1 rings (SSSR count). The SMILES string of the molecule is COc1ccc(NS(=O)(=O)CCS(C)(=O)=O)c(N)c1. The third-order valence-electron chi connectivity index (χ3n) is 2.25. The van der Waals surface area contributed by atoms with E-state index in [2.05, 4.69) is 4.72 Å². The number of ether oxygens (including phenoxy) is 1. The van der Waals surface area contributed by atoms with Crippen LogP contribution >= 0.6 is 0 Å². The van der Waals surface area contributed by atoms with Crippen LogP contribution in [0.1, 0.15) is 0 Å². The first kappa shape index (κ1) is 15.6. The quantitative estimate of drug-likeness (QED) is 0.718. The highest BCUT2D eigenvalue weighted by molar-refractivity contribution is 7.95. The molecule has 0 spiro atoms. The lowest BCUT2D eigenvalue weighted by atomic mass is 10.2. The van der Waals surface area contributed by atoms with E-state index in [-0.39, 0.29) is 11.4 Å². The number of sulfone groups is 1. The van der Waals surface area contributed by atoms with Crippen LogP contribution in [0.5, 0.6) is 5.75 Å². The van der Waals surface area contributed by atoms with Gasteiger partial charge in [0.2, 0.25) is 10.0 Å². The van der Waals surface area contributed by atoms with Crippen LogP contribution in [0.15, 0.2) is 18.2 Å². The molecule has 0 aliphatic carbocycles. The van der Waals surface area contributed by atoms with Crippen molar-refractivity contribution in [1.82, 2.24) is 0 Å². The Morgan fingerprint density at radius 3 is 2.32 bits per heavy atom. The van der Waals surface area contributed by atoms with Crippen LogP contribution in [0.3, 0.4) is 0 Å². The first-order chi connectivity index (χ1) is 8.63. The van der Waals surface area contributed by atoms with E-state index >= 15 is 0 Å². The lowest BCUT2D eigenvalue weighted by Crippen LogP contribution is -2.22. The molecule has 0 amide bonds. The summed E-state index contributed by atoms with van der Waals surface area (Å²) in [5.74, 6) is -0.466. The zero-order valence-electron chi connectivity index (χ0n) is 10.6. The zero-order valence-corrected chi connectivity index (χ0v) is 12.2. The lowest BCUT2D eigenvalue weighted by molar-refractivity contribution is 0.415. The number of hydrogen-bond acceptors (Lipinski definition) is 6. The predicted octanol–water partition coefficient (Wildman–Crippen LogP) is 0.0637. The number of nitrogens with two attached hydrogens (primary N) is 1. The molecule has 0 heterocycles. The largest absolute Gasteiger partial charge is 0.497 e. The molecule has 19 heavy (non-hydrogen) atoms. The van der Waals surface area contributed by atoms with Crippen LogP contribution in [-0.4, -0.2) is 41.7 Å². The van der Waals surface area contributed by atoms with Crippen molar-refractivity contribution in [2.24, 2.45) is 0 Å². The van der Waals surface area contributed by atoms with Crippen LogP contribution in [0, 0.1) is 0 Å².